The van der Waals surface area contributed by atoms with Crippen molar-refractivity contribution < 1.29 is 15.0 Å². The molecule has 0 fully saturated rings. The van der Waals surface area contributed by atoms with Crippen LogP contribution in [0.5, 0.6) is 11.5 Å². The Morgan fingerprint density at radius 3 is 2.90 bits per heavy atom. The van der Waals surface area contributed by atoms with E-state index in [0.29, 0.717) is 5.56 Å². The molecule has 1 aromatic heterocycles. The maximum Gasteiger partial charge on any atom is 0.260 e. The van der Waals surface area contributed by atoms with Crippen LogP contribution in [0.2, 0.25) is 0 Å². The molecule has 7 heteroatoms. The first-order valence-corrected chi connectivity index (χ1v) is 5.88. The van der Waals surface area contributed by atoms with Gasteiger partial charge < -0.3 is 14.8 Å². The molecular formula is C13H14N4O3. The lowest BCUT2D eigenvalue weighted by Gasteiger charge is -2.03. The summed E-state index contributed by atoms with van der Waals surface area (Å²) < 4.78 is 1.69. The Hall–Kier alpha value is -2.83. The lowest BCUT2D eigenvalue weighted by Crippen LogP contribution is -2.23. The number of imidazole rings is 1. The van der Waals surface area contributed by atoms with Gasteiger partial charge in [-0.25, -0.2) is 10.4 Å². The number of aryl methyl sites for hydroxylation is 1. The largest absolute Gasteiger partial charge is 0.504 e. The first-order chi connectivity index (χ1) is 9.56. The highest BCUT2D eigenvalue weighted by atomic mass is 16.3. The number of hydrogen-bond donors (Lipinski definition) is 3. The van der Waals surface area contributed by atoms with Crippen LogP contribution in [0, 0.1) is 6.92 Å². The highest BCUT2D eigenvalue weighted by molar-refractivity contribution is 5.83. The van der Waals surface area contributed by atoms with Crippen molar-refractivity contribution in [3.63, 3.8) is 0 Å². The van der Waals surface area contributed by atoms with E-state index >= 15 is 0 Å². The van der Waals surface area contributed by atoms with E-state index in [2.05, 4.69) is 15.5 Å². The molecule has 0 atom stereocenters. The molecule has 1 aromatic carbocycles. The fraction of sp³-hybridized carbons (Fsp3) is 0.154. The van der Waals surface area contributed by atoms with E-state index in [0.717, 1.165) is 5.82 Å². The minimum absolute atomic E-state index is 0.129. The zero-order valence-electron chi connectivity index (χ0n) is 10.8. The second-order valence-electron chi connectivity index (χ2n) is 4.14. The number of aromatic hydroxyl groups is 2. The molecule has 0 aliphatic carbocycles. The molecular weight excluding hydrogens is 260 g/mol. The lowest BCUT2D eigenvalue weighted by atomic mass is 10.2. The number of phenols is 2. The molecule has 104 valence electrons. The van der Waals surface area contributed by atoms with Gasteiger partial charge in [0.15, 0.2) is 11.5 Å². The molecule has 0 spiro atoms. The summed E-state index contributed by atoms with van der Waals surface area (Å²) in [5.74, 6) is 0.00835. The number of amides is 1. The molecule has 0 aliphatic rings. The first-order valence-electron chi connectivity index (χ1n) is 5.88. The number of hydrogen-bond acceptors (Lipinski definition) is 5. The zero-order valence-corrected chi connectivity index (χ0v) is 10.8. The normalized spacial score (nSPS) is 10.8. The number of nitrogens with one attached hydrogen (secondary N) is 1. The standard InChI is InChI=1S/C13H14N4O3/c1-9-14-4-5-17(9)8-13(20)16-15-7-10-2-3-11(18)12(19)6-10/h2-7,18-19H,8H2,1H3,(H,16,20)/b15-7+. The second-order valence-corrected chi connectivity index (χ2v) is 4.14. The Balaban J connectivity index is 1.91. The number of benzene rings is 1. The van der Waals surface area contributed by atoms with Gasteiger partial charge in [0.25, 0.3) is 5.91 Å². The second kappa shape index (κ2) is 5.87. The van der Waals surface area contributed by atoms with Gasteiger partial charge in [-0.05, 0) is 30.7 Å². The summed E-state index contributed by atoms with van der Waals surface area (Å²) in [6.45, 7) is 1.93. The van der Waals surface area contributed by atoms with Gasteiger partial charge >= 0.3 is 0 Å². The minimum Gasteiger partial charge on any atom is -0.504 e. The predicted octanol–water partition coefficient (Wildman–Crippen LogP) is 0.753. The van der Waals surface area contributed by atoms with Gasteiger partial charge in [-0.1, -0.05) is 0 Å². The number of aromatic nitrogens is 2. The van der Waals surface area contributed by atoms with Gasteiger partial charge in [-0.15, -0.1) is 0 Å². The van der Waals surface area contributed by atoms with Crippen LogP contribution in [-0.4, -0.2) is 31.9 Å². The molecule has 20 heavy (non-hydrogen) atoms. The average molecular weight is 274 g/mol. The van der Waals surface area contributed by atoms with Crippen molar-refractivity contribution >= 4 is 12.1 Å². The Labute approximate surface area is 115 Å². The van der Waals surface area contributed by atoms with E-state index in [1.807, 2.05) is 0 Å². The van der Waals surface area contributed by atoms with Crippen molar-refractivity contribution in [1.29, 1.82) is 0 Å². The van der Waals surface area contributed by atoms with E-state index < -0.39 is 0 Å². The quantitative estimate of drug-likeness (QED) is 0.435. The highest BCUT2D eigenvalue weighted by Crippen LogP contribution is 2.23. The van der Waals surface area contributed by atoms with Crippen LogP contribution in [0.4, 0.5) is 0 Å². The van der Waals surface area contributed by atoms with E-state index in [4.69, 9.17) is 5.11 Å². The fourth-order valence-corrected chi connectivity index (χ4v) is 1.56. The third-order valence-corrected chi connectivity index (χ3v) is 2.64. The minimum atomic E-state index is -0.287. The molecule has 0 radical (unpaired) electrons. The number of nitrogens with zero attached hydrogens (tertiary/aromatic N) is 3. The van der Waals surface area contributed by atoms with E-state index in [9.17, 15) is 9.90 Å². The number of rotatable bonds is 4. The number of hydrazone groups is 1. The average Bonchev–Trinajstić information content (AvgIpc) is 2.79. The Morgan fingerprint density at radius 1 is 1.45 bits per heavy atom. The van der Waals surface area contributed by atoms with Gasteiger partial charge in [-0.2, -0.15) is 5.10 Å². The Bertz CT molecular complexity index is 649. The van der Waals surface area contributed by atoms with Crippen molar-refractivity contribution in [3.05, 3.63) is 42.0 Å². The van der Waals surface area contributed by atoms with Gasteiger partial charge in [0.1, 0.15) is 12.4 Å². The molecule has 1 heterocycles. The molecule has 0 unspecified atom stereocenters. The van der Waals surface area contributed by atoms with Crippen LogP contribution < -0.4 is 5.43 Å². The summed E-state index contributed by atoms with van der Waals surface area (Å²) in [6, 6.07) is 4.24. The number of carbonyl (C=O) groups excluding carboxylic acids is 1. The van der Waals surface area contributed by atoms with Crippen LogP contribution in [-0.2, 0) is 11.3 Å². The Morgan fingerprint density at radius 2 is 2.25 bits per heavy atom. The van der Waals surface area contributed by atoms with Crippen molar-refractivity contribution in [2.24, 2.45) is 5.10 Å². The topological polar surface area (TPSA) is 99.7 Å². The highest BCUT2D eigenvalue weighted by Gasteiger charge is 2.03. The molecule has 2 aromatic rings. The van der Waals surface area contributed by atoms with E-state index in [-0.39, 0.29) is 24.0 Å². The van der Waals surface area contributed by atoms with Gasteiger partial charge in [-0.3, -0.25) is 4.79 Å². The van der Waals surface area contributed by atoms with Crippen molar-refractivity contribution in [3.8, 4) is 11.5 Å². The van der Waals surface area contributed by atoms with Gasteiger partial charge in [0.2, 0.25) is 0 Å². The molecule has 0 aliphatic heterocycles. The predicted molar refractivity (Wildman–Crippen MR) is 72.5 cm³/mol. The molecule has 1 amide bonds. The van der Waals surface area contributed by atoms with Gasteiger partial charge in [0, 0.05) is 12.4 Å². The molecule has 0 bridgehead atoms. The van der Waals surface area contributed by atoms with Crippen molar-refractivity contribution in [2.75, 3.05) is 0 Å². The summed E-state index contributed by atoms with van der Waals surface area (Å²) in [6.07, 6.45) is 4.69. The lowest BCUT2D eigenvalue weighted by molar-refractivity contribution is -0.121. The van der Waals surface area contributed by atoms with Crippen LogP contribution in [0.15, 0.2) is 35.7 Å². The molecule has 2 rings (SSSR count). The van der Waals surface area contributed by atoms with Crippen molar-refractivity contribution in [1.82, 2.24) is 15.0 Å². The maximum atomic E-state index is 11.6. The van der Waals surface area contributed by atoms with Gasteiger partial charge in [0.05, 0.1) is 6.21 Å². The molecule has 3 N–H and O–H groups in total. The van der Waals surface area contributed by atoms with Crippen LogP contribution in [0.25, 0.3) is 0 Å². The van der Waals surface area contributed by atoms with E-state index in [1.54, 1.807) is 30.0 Å². The van der Waals surface area contributed by atoms with E-state index in [1.165, 1.54) is 18.3 Å². The number of carbonyl (C=O) groups is 1. The molecule has 0 saturated carbocycles. The maximum absolute atomic E-state index is 11.6. The summed E-state index contributed by atoms with van der Waals surface area (Å²) >= 11 is 0. The summed E-state index contributed by atoms with van der Waals surface area (Å²) in [5, 5.41) is 22.2. The molecule has 0 saturated heterocycles. The third kappa shape index (κ3) is 3.35. The first kappa shape index (κ1) is 13.6. The van der Waals surface area contributed by atoms with Crippen LogP contribution in [0.3, 0.4) is 0 Å². The Kier molecular flexibility index (Phi) is 3.99. The summed E-state index contributed by atoms with van der Waals surface area (Å²) in [5.41, 5.74) is 2.92. The fourth-order valence-electron chi connectivity index (χ4n) is 1.56. The summed E-state index contributed by atoms with van der Waals surface area (Å²) in [4.78, 5) is 15.6. The summed E-state index contributed by atoms with van der Waals surface area (Å²) in [7, 11) is 0. The monoisotopic (exact) mass is 274 g/mol. The smallest absolute Gasteiger partial charge is 0.260 e. The van der Waals surface area contributed by atoms with Crippen LogP contribution >= 0.6 is 0 Å². The van der Waals surface area contributed by atoms with Crippen molar-refractivity contribution in [2.45, 2.75) is 13.5 Å². The SMILES string of the molecule is Cc1nccn1CC(=O)N/N=C/c1ccc(O)c(O)c1. The van der Waals surface area contributed by atoms with Crippen LogP contribution in [0.1, 0.15) is 11.4 Å². The third-order valence-electron chi connectivity index (χ3n) is 2.64. The zero-order chi connectivity index (χ0) is 14.5. The molecule has 7 nitrogen and oxygen atoms in total. The number of phenolic OH excluding ortho intramolecular Hbond substituents is 2.